The zero-order chi connectivity index (χ0) is 15.4. The van der Waals surface area contributed by atoms with Crippen molar-refractivity contribution >= 4 is 28.9 Å². The third-order valence-corrected chi connectivity index (χ3v) is 3.35. The molecule has 0 atom stereocenters. The Bertz CT molecular complexity index is 635. The topological polar surface area (TPSA) is 90.4 Å². The maximum atomic E-state index is 11.9. The van der Waals surface area contributed by atoms with Crippen LogP contribution in [0.15, 0.2) is 22.7 Å². The fourth-order valence-corrected chi connectivity index (χ4v) is 2.18. The largest absolute Gasteiger partial charge is 0.495 e. The molecule has 6 nitrogen and oxygen atoms in total. The van der Waals surface area contributed by atoms with Crippen molar-refractivity contribution in [2.24, 2.45) is 0 Å². The summed E-state index contributed by atoms with van der Waals surface area (Å²) in [7, 11) is 1.54. The highest BCUT2D eigenvalue weighted by Crippen LogP contribution is 2.25. The van der Waals surface area contributed by atoms with Gasteiger partial charge < -0.3 is 20.3 Å². The molecule has 0 unspecified atom stereocenters. The maximum Gasteiger partial charge on any atom is 0.229 e. The first-order valence-corrected chi connectivity index (χ1v) is 6.73. The van der Waals surface area contributed by atoms with Crippen molar-refractivity contribution in [3.63, 3.8) is 0 Å². The molecule has 21 heavy (non-hydrogen) atoms. The zero-order valence-corrected chi connectivity index (χ0v) is 12.5. The number of anilines is 2. The van der Waals surface area contributed by atoms with Crippen LogP contribution in [0.4, 0.5) is 11.4 Å². The summed E-state index contributed by atoms with van der Waals surface area (Å²) in [6.07, 6.45) is 0.735. The molecule has 0 aliphatic heterocycles. The van der Waals surface area contributed by atoms with Crippen LogP contribution < -0.4 is 15.8 Å². The predicted molar refractivity (Wildman–Crippen MR) is 80.6 cm³/mol. The van der Waals surface area contributed by atoms with Gasteiger partial charge in [-0.1, -0.05) is 5.16 Å². The van der Waals surface area contributed by atoms with Crippen LogP contribution in [-0.4, -0.2) is 18.2 Å². The number of hydrogen-bond acceptors (Lipinski definition) is 5. The van der Waals surface area contributed by atoms with Crippen molar-refractivity contribution < 1.29 is 14.1 Å². The lowest BCUT2D eigenvalue weighted by molar-refractivity contribution is -0.116. The maximum absolute atomic E-state index is 11.9. The Morgan fingerprint density at radius 2 is 2.29 bits per heavy atom. The number of halogens is 1. The Labute approximate surface area is 127 Å². The second kappa shape index (κ2) is 6.49. The summed E-state index contributed by atoms with van der Waals surface area (Å²) in [5.41, 5.74) is 8.31. The van der Waals surface area contributed by atoms with Gasteiger partial charge in [0.15, 0.2) is 0 Å². The van der Waals surface area contributed by atoms with Crippen LogP contribution in [0.2, 0.25) is 5.22 Å². The number of nitrogens with two attached hydrogens (primary N) is 1. The molecule has 0 aliphatic carbocycles. The van der Waals surface area contributed by atoms with Crippen molar-refractivity contribution in [1.29, 1.82) is 0 Å². The van der Waals surface area contributed by atoms with E-state index in [0.29, 0.717) is 29.2 Å². The fourth-order valence-electron chi connectivity index (χ4n) is 1.91. The Balaban J connectivity index is 1.94. The van der Waals surface area contributed by atoms with Crippen LogP contribution in [0.25, 0.3) is 0 Å². The van der Waals surface area contributed by atoms with E-state index < -0.39 is 0 Å². The molecule has 0 fully saturated rings. The summed E-state index contributed by atoms with van der Waals surface area (Å²) in [6.45, 7) is 1.78. The number of hydrogen-bond donors (Lipinski definition) is 2. The van der Waals surface area contributed by atoms with E-state index in [1.54, 1.807) is 25.1 Å². The lowest BCUT2D eigenvalue weighted by atomic mass is 10.1. The molecule has 1 amide bonds. The molecular formula is C14H16ClN3O3. The Hall–Kier alpha value is -2.21. The van der Waals surface area contributed by atoms with E-state index in [9.17, 15) is 4.79 Å². The Kier molecular flexibility index (Phi) is 4.70. The number of benzene rings is 1. The molecule has 1 aromatic carbocycles. The monoisotopic (exact) mass is 309 g/mol. The van der Waals surface area contributed by atoms with Crippen LogP contribution >= 0.6 is 11.6 Å². The number of methoxy groups -OCH3 is 1. The lowest BCUT2D eigenvalue weighted by Crippen LogP contribution is -2.12. The molecule has 0 radical (unpaired) electrons. The second-order valence-corrected chi connectivity index (χ2v) is 4.87. The highest BCUT2D eigenvalue weighted by Gasteiger charge is 2.13. The number of aryl methyl sites for hydroxylation is 1. The normalized spacial score (nSPS) is 10.4. The van der Waals surface area contributed by atoms with Crippen molar-refractivity contribution in [1.82, 2.24) is 5.16 Å². The summed E-state index contributed by atoms with van der Waals surface area (Å²) in [4.78, 5) is 11.9. The molecular weight excluding hydrogens is 294 g/mol. The minimum absolute atomic E-state index is 0.142. The van der Waals surface area contributed by atoms with Crippen LogP contribution in [-0.2, 0) is 11.2 Å². The number of ether oxygens (including phenoxy) is 1. The van der Waals surface area contributed by atoms with Gasteiger partial charge in [-0.3, -0.25) is 4.79 Å². The molecule has 1 aromatic heterocycles. The molecule has 2 rings (SSSR count). The van der Waals surface area contributed by atoms with E-state index in [1.165, 1.54) is 7.11 Å². The molecule has 0 saturated carbocycles. The van der Waals surface area contributed by atoms with Gasteiger partial charge in [-0.2, -0.15) is 0 Å². The van der Waals surface area contributed by atoms with Crippen molar-refractivity contribution in [2.75, 3.05) is 18.2 Å². The van der Waals surface area contributed by atoms with E-state index in [0.717, 1.165) is 5.56 Å². The predicted octanol–water partition coefficient (Wildman–Crippen LogP) is 2.80. The fraction of sp³-hybridized carbons (Fsp3) is 0.286. The number of amides is 1. The highest BCUT2D eigenvalue weighted by atomic mass is 35.5. The average Bonchev–Trinajstić information content (AvgIpc) is 2.76. The van der Waals surface area contributed by atoms with Crippen LogP contribution in [0, 0.1) is 6.92 Å². The van der Waals surface area contributed by atoms with Gasteiger partial charge in [-0.25, -0.2) is 0 Å². The Morgan fingerprint density at radius 3 is 2.86 bits per heavy atom. The van der Waals surface area contributed by atoms with E-state index >= 15 is 0 Å². The van der Waals surface area contributed by atoms with Gasteiger partial charge in [0.1, 0.15) is 5.75 Å². The minimum atomic E-state index is -0.142. The number of nitrogen functional groups attached to an aromatic ring is 1. The standard InChI is InChI=1S/C14H16ClN3O3/c1-8-10(14(15)21-18-8)4-6-13(19)17-9-3-5-12(20-2)11(16)7-9/h3,5,7H,4,6,16H2,1-2H3,(H,17,19). The number of nitrogens with zero attached hydrogens (tertiary/aromatic N) is 1. The minimum Gasteiger partial charge on any atom is -0.495 e. The van der Waals surface area contributed by atoms with Crippen LogP contribution in [0.5, 0.6) is 5.75 Å². The number of rotatable bonds is 5. The first-order valence-electron chi connectivity index (χ1n) is 6.35. The molecule has 0 aliphatic rings. The third-order valence-electron chi connectivity index (χ3n) is 3.05. The van der Waals surface area contributed by atoms with Gasteiger partial charge in [0.25, 0.3) is 0 Å². The number of nitrogens with one attached hydrogen (secondary N) is 1. The zero-order valence-electron chi connectivity index (χ0n) is 11.8. The summed E-state index contributed by atoms with van der Waals surface area (Å²) in [6, 6.07) is 5.07. The second-order valence-electron chi connectivity index (χ2n) is 4.53. The van der Waals surface area contributed by atoms with Gasteiger partial charge in [0.2, 0.25) is 11.1 Å². The number of carbonyl (C=O) groups excluding carboxylic acids is 1. The Morgan fingerprint density at radius 1 is 1.52 bits per heavy atom. The van der Waals surface area contributed by atoms with Crippen molar-refractivity contribution in [3.05, 3.63) is 34.7 Å². The first kappa shape index (κ1) is 15.2. The molecule has 2 aromatic rings. The van der Waals surface area contributed by atoms with Crippen LogP contribution in [0.1, 0.15) is 17.7 Å². The average molecular weight is 310 g/mol. The third kappa shape index (κ3) is 3.66. The molecule has 3 N–H and O–H groups in total. The van der Waals surface area contributed by atoms with Gasteiger partial charge in [-0.15, -0.1) is 0 Å². The number of carbonyl (C=O) groups is 1. The summed E-state index contributed by atoms with van der Waals surface area (Å²) in [5, 5.41) is 6.74. The van der Waals surface area contributed by atoms with E-state index in [1.807, 2.05) is 0 Å². The highest BCUT2D eigenvalue weighted by molar-refractivity contribution is 6.29. The summed E-state index contributed by atoms with van der Waals surface area (Å²) < 4.78 is 9.90. The molecule has 112 valence electrons. The molecule has 0 bridgehead atoms. The lowest BCUT2D eigenvalue weighted by Gasteiger charge is -2.08. The van der Waals surface area contributed by atoms with Crippen LogP contribution in [0.3, 0.4) is 0 Å². The molecule has 7 heteroatoms. The van der Waals surface area contributed by atoms with E-state index in [4.69, 9.17) is 26.6 Å². The first-order chi connectivity index (χ1) is 10.0. The SMILES string of the molecule is COc1ccc(NC(=O)CCc2c(C)noc2Cl)cc1N. The smallest absolute Gasteiger partial charge is 0.229 e. The van der Waals surface area contributed by atoms with Gasteiger partial charge in [0, 0.05) is 17.7 Å². The quantitative estimate of drug-likeness (QED) is 0.829. The van der Waals surface area contributed by atoms with Gasteiger partial charge in [0.05, 0.1) is 18.5 Å². The van der Waals surface area contributed by atoms with Crippen molar-refractivity contribution in [2.45, 2.75) is 19.8 Å². The molecule has 0 spiro atoms. The molecule has 1 heterocycles. The van der Waals surface area contributed by atoms with Gasteiger partial charge >= 0.3 is 0 Å². The molecule has 0 saturated heterocycles. The van der Waals surface area contributed by atoms with Crippen molar-refractivity contribution in [3.8, 4) is 5.75 Å². The van der Waals surface area contributed by atoms with Gasteiger partial charge in [-0.05, 0) is 43.1 Å². The van der Waals surface area contributed by atoms with E-state index in [-0.39, 0.29) is 17.5 Å². The number of aromatic nitrogens is 1. The summed E-state index contributed by atoms with van der Waals surface area (Å²) >= 11 is 5.85. The van der Waals surface area contributed by atoms with E-state index in [2.05, 4.69) is 10.5 Å². The summed E-state index contributed by atoms with van der Waals surface area (Å²) in [5.74, 6) is 0.427.